The Morgan fingerprint density at radius 2 is 1.86 bits per heavy atom. The lowest BCUT2D eigenvalue weighted by Crippen LogP contribution is -2.18. The van der Waals surface area contributed by atoms with Crippen molar-refractivity contribution >= 4 is 17.9 Å². The molecule has 2 aromatic rings. The van der Waals surface area contributed by atoms with E-state index in [1.54, 1.807) is 36.5 Å². The minimum absolute atomic E-state index is 0.0212. The van der Waals surface area contributed by atoms with Crippen LogP contribution >= 0.6 is 0 Å². The van der Waals surface area contributed by atoms with Gasteiger partial charge >= 0.3 is 12.1 Å². The van der Waals surface area contributed by atoms with Gasteiger partial charge in [-0.2, -0.15) is 0 Å². The predicted molar refractivity (Wildman–Crippen MR) is 78.1 cm³/mol. The lowest BCUT2D eigenvalue weighted by Gasteiger charge is -2.09. The molecule has 0 fully saturated rings. The number of aromatic carboxylic acids is 1. The van der Waals surface area contributed by atoms with Crippen LogP contribution in [0.3, 0.4) is 0 Å². The summed E-state index contributed by atoms with van der Waals surface area (Å²) in [5, 5.41) is 11.4. The quantitative estimate of drug-likeness (QED) is 0.795. The average Bonchev–Trinajstić information content (AvgIpc) is 2.53. The zero-order valence-electron chi connectivity index (χ0n) is 11.6. The number of hydrogen-bond acceptors (Lipinski definition) is 5. The first-order chi connectivity index (χ1) is 10.7. The average molecular weight is 302 g/mol. The van der Waals surface area contributed by atoms with Crippen molar-refractivity contribution in [3.63, 3.8) is 0 Å². The van der Waals surface area contributed by atoms with Crippen LogP contribution in [0.2, 0.25) is 0 Å². The fraction of sp³-hybridized carbons (Fsp3) is 0.133. The molecular formula is C15H14N2O5. The topological polar surface area (TPSA) is 97.8 Å². The van der Waals surface area contributed by atoms with Gasteiger partial charge in [-0.15, -0.1) is 0 Å². The number of benzene rings is 1. The molecule has 0 atom stereocenters. The van der Waals surface area contributed by atoms with Gasteiger partial charge in [0.2, 0.25) is 0 Å². The first kappa shape index (κ1) is 15.3. The van der Waals surface area contributed by atoms with Crippen LogP contribution in [0, 0.1) is 0 Å². The number of nitrogens with one attached hydrogen (secondary N) is 1. The minimum atomic E-state index is -1.08. The van der Waals surface area contributed by atoms with Gasteiger partial charge in [-0.05, 0) is 24.3 Å². The molecule has 114 valence electrons. The molecule has 0 saturated carbocycles. The van der Waals surface area contributed by atoms with Crippen LogP contribution in [-0.4, -0.2) is 35.4 Å². The number of pyridine rings is 1. The van der Waals surface area contributed by atoms with E-state index in [0.717, 1.165) is 0 Å². The second-order valence-corrected chi connectivity index (χ2v) is 4.13. The van der Waals surface area contributed by atoms with Gasteiger partial charge < -0.3 is 14.6 Å². The highest BCUT2D eigenvalue weighted by Crippen LogP contribution is 2.17. The molecule has 0 aliphatic rings. The Morgan fingerprint density at radius 3 is 2.59 bits per heavy atom. The molecule has 0 aliphatic heterocycles. The van der Waals surface area contributed by atoms with Crippen LogP contribution in [0.25, 0.3) is 0 Å². The third kappa shape index (κ3) is 4.48. The number of amides is 1. The summed E-state index contributed by atoms with van der Waals surface area (Å²) in [6.45, 7) is 0.0204. The molecule has 0 saturated heterocycles. The van der Waals surface area contributed by atoms with E-state index < -0.39 is 12.1 Å². The van der Waals surface area contributed by atoms with Gasteiger partial charge in [-0.1, -0.05) is 18.2 Å². The summed E-state index contributed by atoms with van der Waals surface area (Å²) in [6, 6.07) is 11.3. The summed E-state index contributed by atoms with van der Waals surface area (Å²) in [6.07, 6.45) is 0.885. The zero-order chi connectivity index (χ0) is 15.8. The number of ether oxygens (including phenoxy) is 2. The van der Waals surface area contributed by atoms with E-state index in [1.165, 1.54) is 12.1 Å². The maximum Gasteiger partial charge on any atom is 0.412 e. The number of nitrogens with zero attached hydrogens (tertiary/aromatic N) is 1. The molecule has 2 N–H and O–H groups in total. The molecule has 0 radical (unpaired) electrons. The number of carboxylic acid groups (broad SMARTS) is 1. The summed E-state index contributed by atoms with van der Waals surface area (Å²) in [4.78, 5) is 26.4. The van der Waals surface area contributed by atoms with Crippen molar-refractivity contribution < 1.29 is 24.2 Å². The maximum atomic E-state index is 11.5. The SMILES string of the molecule is O=C(Nc1ccccn1)OCCOc1ccccc1C(=O)O. The molecular weight excluding hydrogens is 288 g/mol. The Morgan fingerprint density at radius 1 is 1.09 bits per heavy atom. The molecule has 22 heavy (non-hydrogen) atoms. The zero-order valence-corrected chi connectivity index (χ0v) is 11.6. The smallest absolute Gasteiger partial charge is 0.412 e. The summed E-state index contributed by atoms with van der Waals surface area (Å²) in [5.41, 5.74) is 0.0560. The normalized spacial score (nSPS) is 9.82. The third-order valence-corrected chi connectivity index (χ3v) is 2.59. The number of aromatic nitrogens is 1. The third-order valence-electron chi connectivity index (χ3n) is 2.59. The molecule has 7 nitrogen and oxygen atoms in total. The summed E-state index contributed by atoms with van der Waals surface area (Å²) in [7, 11) is 0. The van der Waals surface area contributed by atoms with E-state index in [0.29, 0.717) is 5.82 Å². The highest BCUT2D eigenvalue weighted by molar-refractivity contribution is 5.90. The fourth-order valence-electron chi connectivity index (χ4n) is 1.63. The molecule has 1 aromatic carbocycles. The Hall–Kier alpha value is -3.09. The molecule has 0 aliphatic carbocycles. The van der Waals surface area contributed by atoms with Crippen molar-refractivity contribution in [2.45, 2.75) is 0 Å². The number of carbonyl (C=O) groups excluding carboxylic acids is 1. The van der Waals surface area contributed by atoms with E-state index in [2.05, 4.69) is 10.3 Å². The Kier molecular flexibility index (Phi) is 5.31. The van der Waals surface area contributed by atoms with Crippen molar-refractivity contribution in [1.29, 1.82) is 0 Å². The first-order valence-corrected chi connectivity index (χ1v) is 6.47. The molecule has 1 heterocycles. The Labute approximate surface area is 126 Å². The summed E-state index contributed by atoms with van der Waals surface area (Å²) >= 11 is 0. The highest BCUT2D eigenvalue weighted by atomic mass is 16.6. The number of carboxylic acids is 1. The fourth-order valence-corrected chi connectivity index (χ4v) is 1.63. The predicted octanol–water partition coefficient (Wildman–Crippen LogP) is 2.41. The maximum absolute atomic E-state index is 11.5. The van der Waals surface area contributed by atoms with E-state index in [-0.39, 0.29) is 24.5 Å². The van der Waals surface area contributed by atoms with Gasteiger partial charge in [0.05, 0.1) is 0 Å². The molecule has 2 rings (SSSR count). The van der Waals surface area contributed by atoms with Gasteiger partial charge in [-0.3, -0.25) is 5.32 Å². The molecule has 0 bridgehead atoms. The van der Waals surface area contributed by atoms with Crippen LogP contribution in [0.5, 0.6) is 5.75 Å². The number of carbonyl (C=O) groups is 2. The number of para-hydroxylation sites is 1. The van der Waals surface area contributed by atoms with Gasteiger partial charge in [0, 0.05) is 6.20 Å². The standard InChI is InChI=1S/C15H14N2O5/c18-14(19)11-5-1-2-6-12(11)21-9-10-22-15(20)17-13-7-3-4-8-16-13/h1-8H,9-10H2,(H,18,19)(H,16,17,20). The lowest BCUT2D eigenvalue weighted by atomic mass is 10.2. The molecule has 1 amide bonds. The molecule has 1 aromatic heterocycles. The van der Waals surface area contributed by atoms with Crippen molar-refractivity contribution in [3.05, 3.63) is 54.2 Å². The van der Waals surface area contributed by atoms with Crippen LogP contribution < -0.4 is 10.1 Å². The largest absolute Gasteiger partial charge is 0.489 e. The van der Waals surface area contributed by atoms with Gasteiger partial charge in [-0.25, -0.2) is 14.6 Å². The van der Waals surface area contributed by atoms with Gasteiger partial charge in [0.1, 0.15) is 30.3 Å². The number of anilines is 1. The summed E-state index contributed by atoms with van der Waals surface area (Å²) < 4.78 is 10.2. The van der Waals surface area contributed by atoms with Crippen LogP contribution in [0.1, 0.15) is 10.4 Å². The van der Waals surface area contributed by atoms with E-state index >= 15 is 0 Å². The van der Waals surface area contributed by atoms with Crippen molar-refractivity contribution in [1.82, 2.24) is 4.98 Å². The number of hydrogen-bond donors (Lipinski definition) is 2. The van der Waals surface area contributed by atoms with Gasteiger partial charge in [0.25, 0.3) is 0 Å². The highest BCUT2D eigenvalue weighted by Gasteiger charge is 2.10. The van der Waals surface area contributed by atoms with Crippen molar-refractivity contribution in [2.75, 3.05) is 18.5 Å². The van der Waals surface area contributed by atoms with Gasteiger partial charge in [0.15, 0.2) is 0 Å². The van der Waals surface area contributed by atoms with E-state index in [1.807, 2.05) is 0 Å². The van der Waals surface area contributed by atoms with Crippen molar-refractivity contribution in [3.8, 4) is 5.75 Å². The van der Waals surface area contributed by atoms with E-state index in [4.69, 9.17) is 14.6 Å². The monoisotopic (exact) mass is 302 g/mol. The molecule has 0 unspecified atom stereocenters. The van der Waals surface area contributed by atoms with E-state index in [9.17, 15) is 9.59 Å². The second-order valence-electron chi connectivity index (χ2n) is 4.13. The van der Waals surface area contributed by atoms with Crippen LogP contribution in [0.15, 0.2) is 48.7 Å². The Bertz CT molecular complexity index is 645. The second kappa shape index (κ2) is 7.63. The van der Waals surface area contributed by atoms with Crippen LogP contribution in [0.4, 0.5) is 10.6 Å². The minimum Gasteiger partial charge on any atom is -0.489 e. The molecule has 0 spiro atoms. The Balaban J connectivity index is 1.75. The first-order valence-electron chi connectivity index (χ1n) is 6.47. The van der Waals surface area contributed by atoms with Crippen LogP contribution in [-0.2, 0) is 4.74 Å². The molecule has 7 heteroatoms. The number of rotatable bonds is 6. The van der Waals surface area contributed by atoms with Crippen molar-refractivity contribution in [2.24, 2.45) is 0 Å². The lowest BCUT2D eigenvalue weighted by molar-refractivity contribution is 0.0689. The summed E-state index contributed by atoms with van der Waals surface area (Å²) in [5.74, 6) is -0.474.